The van der Waals surface area contributed by atoms with Gasteiger partial charge in [-0.3, -0.25) is 0 Å². The first-order valence-electron chi connectivity index (χ1n) is 6.84. The van der Waals surface area contributed by atoms with Gasteiger partial charge in [0, 0.05) is 25.2 Å². The van der Waals surface area contributed by atoms with Gasteiger partial charge in [-0.2, -0.15) is 0 Å². The van der Waals surface area contributed by atoms with E-state index in [2.05, 4.69) is 17.1 Å². The van der Waals surface area contributed by atoms with Gasteiger partial charge >= 0.3 is 0 Å². The van der Waals surface area contributed by atoms with Gasteiger partial charge < -0.3 is 10.2 Å². The Bertz CT molecular complexity index is 444. The van der Waals surface area contributed by atoms with Gasteiger partial charge in [0.1, 0.15) is 5.69 Å². The zero-order valence-electron chi connectivity index (χ0n) is 11.4. The van der Waals surface area contributed by atoms with Crippen LogP contribution in [0.1, 0.15) is 26.2 Å². The number of nitrogens with one attached hydrogen (secondary N) is 1. The molecule has 1 N–H and O–H groups in total. The molecule has 0 bridgehead atoms. The number of halogens is 4. The zero-order chi connectivity index (χ0) is 14.7. The van der Waals surface area contributed by atoms with Crippen LogP contribution in [0.4, 0.5) is 23.2 Å². The molecule has 112 valence electrons. The molecule has 1 aromatic rings. The minimum Gasteiger partial charge on any atom is -0.377 e. The van der Waals surface area contributed by atoms with Crippen molar-refractivity contribution in [2.75, 3.05) is 25.0 Å². The normalized spacial score (nSPS) is 17.4. The molecule has 1 saturated heterocycles. The first kappa shape index (κ1) is 15.1. The fraction of sp³-hybridized carbons (Fsp3) is 0.571. The van der Waals surface area contributed by atoms with Crippen LogP contribution < -0.4 is 5.32 Å². The van der Waals surface area contributed by atoms with Gasteiger partial charge in [0.25, 0.3) is 0 Å². The van der Waals surface area contributed by atoms with Crippen LogP contribution in [0, 0.1) is 23.3 Å². The van der Waals surface area contributed by atoms with Gasteiger partial charge in [-0.25, -0.2) is 17.6 Å². The standard InChI is InChI=1S/C14H18F4N2/c1-2-5-20-6-3-9(4-7-20)19-14-12(17)10(15)8-11(16)13(14)18/h8-9,19H,2-7H2,1H3. The first-order valence-corrected chi connectivity index (χ1v) is 6.84. The third-order valence-electron chi connectivity index (χ3n) is 3.59. The van der Waals surface area contributed by atoms with Crippen molar-refractivity contribution in [3.8, 4) is 0 Å². The summed E-state index contributed by atoms with van der Waals surface area (Å²) in [7, 11) is 0. The Kier molecular flexibility index (Phi) is 4.86. The Balaban J connectivity index is 2.05. The molecule has 20 heavy (non-hydrogen) atoms. The molecule has 0 unspecified atom stereocenters. The molecular weight excluding hydrogens is 272 g/mol. The summed E-state index contributed by atoms with van der Waals surface area (Å²) in [6.07, 6.45) is 2.44. The van der Waals surface area contributed by atoms with Crippen molar-refractivity contribution >= 4 is 5.69 Å². The van der Waals surface area contributed by atoms with Crippen molar-refractivity contribution in [1.82, 2.24) is 4.90 Å². The largest absolute Gasteiger partial charge is 0.377 e. The smallest absolute Gasteiger partial charge is 0.185 e. The molecule has 1 aliphatic rings. The van der Waals surface area contributed by atoms with Crippen molar-refractivity contribution in [1.29, 1.82) is 0 Å². The Hall–Kier alpha value is -1.30. The highest BCUT2D eigenvalue weighted by molar-refractivity contribution is 5.48. The molecular formula is C14H18F4N2. The van der Waals surface area contributed by atoms with Crippen LogP contribution in [-0.2, 0) is 0 Å². The van der Waals surface area contributed by atoms with E-state index in [0.717, 1.165) is 26.1 Å². The lowest BCUT2D eigenvalue weighted by Crippen LogP contribution is -2.39. The summed E-state index contributed by atoms with van der Waals surface area (Å²) in [5.74, 6) is -5.48. The molecule has 0 spiro atoms. The van der Waals surface area contributed by atoms with E-state index in [9.17, 15) is 17.6 Å². The molecule has 0 saturated carbocycles. The number of hydrogen-bond donors (Lipinski definition) is 1. The van der Waals surface area contributed by atoms with E-state index >= 15 is 0 Å². The number of benzene rings is 1. The highest BCUT2D eigenvalue weighted by atomic mass is 19.2. The van der Waals surface area contributed by atoms with E-state index < -0.39 is 29.0 Å². The van der Waals surface area contributed by atoms with Crippen LogP contribution in [0.15, 0.2) is 6.07 Å². The molecule has 2 nitrogen and oxygen atoms in total. The number of rotatable bonds is 4. The summed E-state index contributed by atoms with van der Waals surface area (Å²) in [5, 5.41) is 2.61. The molecule has 1 aromatic carbocycles. The Morgan fingerprint density at radius 1 is 1.10 bits per heavy atom. The molecule has 1 fully saturated rings. The summed E-state index contributed by atoms with van der Waals surface area (Å²) in [6.45, 7) is 4.70. The fourth-order valence-corrected chi connectivity index (χ4v) is 2.52. The third kappa shape index (κ3) is 3.23. The lowest BCUT2D eigenvalue weighted by molar-refractivity contribution is 0.219. The van der Waals surface area contributed by atoms with Gasteiger partial charge in [0.15, 0.2) is 23.3 Å². The average Bonchev–Trinajstić information content (AvgIpc) is 2.43. The predicted octanol–water partition coefficient (Wildman–Crippen LogP) is 3.53. The fourth-order valence-electron chi connectivity index (χ4n) is 2.52. The van der Waals surface area contributed by atoms with Crippen LogP contribution >= 0.6 is 0 Å². The van der Waals surface area contributed by atoms with E-state index in [0.29, 0.717) is 12.8 Å². The van der Waals surface area contributed by atoms with Crippen LogP contribution in [0.25, 0.3) is 0 Å². The minimum absolute atomic E-state index is 0.173. The summed E-state index contributed by atoms with van der Waals surface area (Å²) in [5.41, 5.74) is -0.698. The van der Waals surface area contributed by atoms with Crippen molar-refractivity contribution in [3.05, 3.63) is 29.3 Å². The second-order valence-corrected chi connectivity index (χ2v) is 5.10. The van der Waals surface area contributed by atoms with Crippen LogP contribution in [0.5, 0.6) is 0 Å². The molecule has 1 heterocycles. The average molecular weight is 290 g/mol. The number of anilines is 1. The van der Waals surface area contributed by atoms with Crippen LogP contribution in [0.3, 0.4) is 0 Å². The van der Waals surface area contributed by atoms with E-state index in [1.807, 2.05) is 0 Å². The maximum absolute atomic E-state index is 13.5. The minimum atomic E-state index is -1.38. The van der Waals surface area contributed by atoms with Crippen LogP contribution in [-0.4, -0.2) is 30.6 Å². The van der Waals surface area contributed by atoms with Gasteiger partial charge in [-0.1, -0.05) is 6.92 Å². The lowest BCUT2D eigenvalue weighted by atomic mass is 10.0. The summed E-state index contributed by atoms with van der Waals surface area (Å²) in [4.78, 5) is 2.26. The topological polar surface area (TPSA) is 15.3 Å². The van der Waals surface area contributed by atoms with Crippen molar-refractivity contribution < 1.29 is 17.6 Å². The molecule has 0 aromatic heterocycles. The van der Waals surface area contributed by atoms with E-state index in [-0.39, 0.29) is 12.1 Å². The lowest BCUT2D eigenvalue weighted by Gasteiger charge is -2.32. The second-order valence-electron chi connectivity index (χ2n) is 5.10. The molecule has 0 amide bonds. The second kappa shape index (κ2) is 6.43. The van der Waals surface area contributed by atoms with Gasteiger partial charge in [-0.05, 0) is 25.8 Å². The van der Waals surface area contributed by atoms with Gasteiger partial charge in [0.2, 0.25) is 0 Å². The SMILES string of the molecule is CCCN1CCC(Nc2c(F)c(F)cc(F)c2F)CC1. The van der Waals surface area contributed by atoms with E-state index in [1.165, 1.54) is 0 Å². The molecule has 2 rings (SSSR count). The van der Waals surface area contributed by atoms with Gasteiger partial charge in [-0.15, -0.1) is 0 Å². The van der Waals surface area contributed by atoms with Crippen molar-refractivity contribution in [2.24, 2.45) is 0 Å². The Morgan fingerprint density at radius 3 is 2.15 bits per heavy atom. The number of hydrogen-bond acceptors (Lipinski definition) is 2. The predicted molar refractivity (Wildman–Crippen MR) is 69.6 cm³/mol. The summed E-state index contributed by atoms with van der Waals surface area (Å²) < 4.78 is 53.3. The third-order valence-corrected chi connectivity index (χ3v) is 3.59. The number of nitrogens with zero attached hydrogens (tertiary/aromatic N) is 1. The number of piperidine rings is 1. The van der Waals surface area contributed by atoms with E-state index in [1.54, 1.807) is 0 Å². The molecule has 1 aliphatic heterocycles. The van der Waals surface area contributed by atoms with Crippen molar-refractivity contribution in [2.45, 2.75) is 32.2 Å². The first-order chi connectivity index (χ1) is 9.52. The molecule has 0 aliphatic carbocycles. The maximum Gasteiger partial charge on any atom is 0.185 e. The quantitative estimate of drug-likeness (QED) is 0.674. The number of likely N-dealkylation sites (tertiary alicyclic amines) is 1. The molecule has 6 heteroatoms. The maximum atomic E-state index is 13.5. The van der Waals surface area contributed by atoms with Crippen LogP contribution in [0.2, 0.25) is 0 Å². The Morgan fingerprint density at radius 2 is 1.65 bits per heavy atom. The highest BCUT2D eigenvalue weighted by Gasteiger charge is 2.24. The van der Waals surface area contributed by atoms with Crippen molar-refractivity contribution in [3.63, 3.8) is 0 Å². The monoisotopic (exact) mass is 290 g/mol. The van der Waals surface area contributed by atoms with Gasteiger partial charge in [0.05, 0.1) is 0 Å². The molecule has 0 atom stereocenters. The highest BCUT2D eigenvalue weighted by Crippen LogP contribution is 2.26. The van der Waals surface area contributed by atoms with E-state index in [4.69, 9.17) is 0 Å². The Labute approximate surface area is 115 Å². The zero-order valence-corrected chi connectivity index (χ0v) is 11.4. The molecule has 0 radical (unpaired) electrons. The summed E-state index contributed by atoms with van der Waals surface area (Å²) in [6, 6.07) is 0.0491. The summed E-state index contributed by atoms with van der Waals surface area (Å²) >= 11 is 0.